The maximum Gasteiger partial charge on any atom is 0.295 e. The number of Topliss-reactive ketones (excluding diaryl/α,β-unsaturated/α-hetero) is 1. The number of halogens is 1. The van der Waals surface area contributed by atoms with Crippen molar-refractivity contribution in [3.8, 4) is 5.75 Å². The minimum atomic E-state index is -0.991. The van der Waals surface area contributed by atoms with Crippen molar-refractivity contribution in [1.82, 2.24) is 9.80 Å². The van der Waals surface area contributed by atoms with Crippen LogP contribution in [0, 0.1) is 10.1 Å². The molecular weight excluding hydrogens is 450 g/mol. The second kappa shape index (κ2) is 10.0. The molecule has 2 aromatic rings. The number of nitro benzene ring substituents is 1. The first-order valence-corrected chi connectivity index (χ1v) is 10.6. The Hall–Kier alpha value is -3.43. The molecule has 0 radical (unpaired) electrons. The van der Waals surface area contributed by atoms with Crippen molar-refractivity contribution in [3.63, 3.8) is 0 Å². The molecule has 1 atom stereocenters. The molecule has 174 valence electrons. The van der Waals surface area contributed by atoms with Crippen molar-refractivity contribution in [2.75, 3.05) is 33.8 Å². The normalized spacial score (nSPS) is 17.6. The third-order valence-corrected chi connectivity index (χ3v) is 5.53. The highest BCUT2D eigenvalue weighted by Gasteiger charge is 2.46. The largest absolute Gasteiger partial charge is 0.507 e. The lowest BCUT2D eigenvalue weighted by molar-refractivity contribution is -0.384. The number of rotatable bonds is 8. The molecule has 33 heavy (non-hydrogen) atoms. The molecule has 1 aliphatic heterocycles. The molecule has 1 heterocycles. The summed E-state index contributed by atoms with van der Waals surface area (Å²) in [5, 5.41) is 22.6. The van der Waals surface area contributed by atoms with Crippen molar-refractivity contribution < 1.29 is 24.4 Å². The van der Waals surface area contributed by atoms with Crippen LogP contribution in [0.1, 0.15) is 24.1 Å². The summed E-state index contributed by atoms with van der Waals surface area (Å²) in [5.41, 5.74) is 0.236. The molecule has 1 saturated heterocycles. The van der Waals surface area contributed by atoms with Crippen LogP contribution in [0.3, 0.4) is 0 Å². The molecule has 10 heteroatoms. The predicted molar refractivity (Wildman–Crippen MR) is 123 cm³/mol. The average Bonchev–Trinajstić information content (AvgIpc) is 3.03. The van der Waals surface area contributed by atoms with Crippen LogP contribution in [0.2, 0.25) is 5.02 Å². The fourth-order valence-electron chi connectivity index (χ4n) is 3.65. The van der Waals surface area contributed by atoms with Gasteiger partial charge in [0.1, 0.15) is 11.5 Å². The molecular formula is C23H24ClN3O6. The first kappa shape index (κ1) is 24.2. The van der Waals surface area contributed by atoms with Gasteiger partial charge in [0.25, 0.3) is 17.4 Å². The summed E-state index contributed by atoms with van der Waals surface area (Å²) in [5.74, 6) is -1.65. The van der Waals surface area contributed by atoms with E-state index < -0.39 is 28.4 Å². The van der Waals surface area contributed by atoms with E-state index in [0.717, 1.165) is 0 Å². The summed E-state index contributed by atoms with van der Waals surface area (Å²) < 4.78 is 5.41. The zero-order valence-electron chi connectivity index (χ0n) is 18.4. The van der Waals surface area contributed by atoms with Gasteiger partial charge in [0.05, 0.1) is 28.2 Å². The molecule has 9 nitrogen and oxygen atoms in total. The molecule has 0 unspecified atom stereocenters. The average molecular weight is 474 g/mol. The van der Waals surface area contributed by atoms with Gasteiger partial charge in [0.15, 0.2) is 0 Å². The van der Waals surface area contributed by atoms with Gasteiger partial charge in [0, 0.05) is 30.8 Å². The Bertz CT molecular complexity index is 1130. The van der Waals surface area contributed by atoms with E-state index in [9.17, 15) is 24.8 Å². The van der Waals surface area contributed by atoms with Crippen LogP contribution in [-0.4, -0.2) is 65.3 Å². The summed E-state index contributed by atoms with van der Waals surface area (Å²) in [7, 11) is 3.64. The van der Waals surface area contributed by atoms with Crippen LogP contribution >= 0.6 is 11.6 Å². The summed E-state index contributed by atoms with van der Waals surface area (Å²) in [6, 6.07) is 9.24. The number of nitro groups is 1. The van der Waals surface area contributed by atoms with Crippen LogP contribution in [0.25, 0.3) is 5.76 Å². The number of benzene rings is 2. The smallest absolute Gasteiger partial charge is 0.295 e. The monoisotopic (exact) mass is 473 g/mol. The topological polar surface area (TPSA) is 113 Å². The molecule has 0 spiro atoms. The minimum Gasteiger partial charge on any atom is -0.507 e. The number of ketones is 1. The molecule has 1 amide bonds. The number of aliphatic hydroxyl groups is 1. The molecule has 1 aliphatic rings. The number of hydrogen-bond donors (Lipinski definition) is 1. The van der Waals surface area contributed by atoms with Crippen LogP contribution in [0.15, 0.2) is 48.0 Å². The highest BCUT2D eigenvalue weighted by Crippen LogP contribution is 2.40. The number of carbonyl (C=O) groups is 2. The van der Waals surface area contributed by atoms with Gasteiger partial charge < -0.3 is 19.6 Å². The second-order valence-corrected chi connectivity index (χ2v) is 8.13. The quantitative estimate of drug-likeness (QED) is 0.205. The first-order valence-electron chi connectivity index (χ1n) is 10.3. The van der Waals surface area contributed by atoms with E-state index in [2.05, 4.69) is 0 Å². The molecule has 0 aromatic heterocycles. The Balaban J connectivity index is 2.17. The van der Waals surface area contributed by atoms with Gasteiger partial charge >= 0.3 is 0 Å². The van der Waals surface area contributed by atoms with Crippen molar-refractivity contribution in [3.05, 3.63) is 74.3 Å². The van der Waals surface area contributed by atoms with Gasteiger partial charge in [-0.05, 0) is 44.8 Å². The molecule has 0 bridgehead atoms. The molecule has 2 aromatic carbocycles. The second-order valence-electron chi connectivity index (χ2n) is 7.73. The lowest BCUT2D eigenvalue weighted by Crippen LogP contribution is -2.35. The Kier molecular flexibility index (Phi) is 7.35. The molecule has 1 N–H and O–H groups in total. The van der Waals surface area contributed by atoms with E-state index in [1.54, 1.807) is 19.1 Å². The Morgan fingerprint density at radius 2 is 1.97 bits per heavy atom. The van der Waals surface area contributed by atoms with Crippen molar-refractivity contribution in [2.45, 2.75) is 13.0 Å². The standard InChI is InChI=1S/C23H24ClN3O6/c1-4-33-18-9-8-15(13-17(18)24)21(28)19-20(14-6-5-7-16(12-14)27(31)32)26(11-10-25(2)3)23(30)22(19)29/h5-9,12-13,20,28H,4,10-11H2,1-3H3/t20-/m0/s1. The lowest BCUT2D eigenvalue weighted by atomic mass is 9.95. The lowest BCUT2D eigenvalue weighted by Gasteiger charge is -2.26. The van der Waals surface area contributed by atoms with E-state index >= 15 is 0 Å². The number of amides is 1. The number of likely N-dealkylation sites (N-methyl/N-ethyl adjacent to an activating group) is 1. The summed E-state index contributed by atoms with van der Waals surface area (Å²) in [6.45, 7) is 2.84. The van der Waals surface area contributed by atoms with Gasteiger partial charge in [-0.1, -0.05) is 23.7 Å². The Morgan fingerprint density at radius 3 is 2.58 bits per heavy atom. The minimum absolute atomic E-state index is 0.153. The van der Waals surface area contributed by atoms with Gasteiger partial charge in [-0.3, -0.25) is 19.7 Å². The Labute approximate surface area is 196 Å². The molecule has 1 fully saturated rings. The summed E-state index contributed by atoms with van der Waals surface area (Å²) in [4.78, 5) is 39.9. The molecule has 3 rings (SSSR count). The third kappa shape index (κ3) is 4.99. The van der Waals surface area contributed by atoms with Crippen molar-refractivity contribution in [2.24, 2.45) is 0 Å². The van der Waals surface area contributed by atoms with E-state index in [1.807, 2.05) is 19.0 Å². The van der Waals surface area contributed by atoms with E-state index in [0.29, 0.717) is 24.5 Å². The molecule has 0 aliphatic carbocycles. The zero-order valence-corrected chi connectivity index (χ0v) is 19.2. The van der Waals surface area contributed by atoms with E-state index in [-0.39, 0.29) is 28.4 Å². The predicted octanol–water partition coefficient (Wildman–Crippen LogP) is 3.63. The fourth-order valence-corrected chi connectivity index (χ4v) is 3.88. The number of carbonyl (C=O) groups excluding carboxylic acids is 2. The highest BCUT2D eigenvalue weighted by molar-refractivity contribution is 6.46. The number of hydrogen-bond acceptors (Lipinski definition) is 7. The van der Waals surface area contributed by atoms with Crippen molar-refractivity contribution in [1.29, 1.82) is 0 Å². The number of likely N-dealkylation sites (tertiary alicyclic amines) is 1. The van der Waals surface area contributed by atoms with Crippen LogP contribution in [-0.2, 0) is 9.59 Å². The van der Waals surface area contributed by atoms with Gasteiger partial charge in [-0.25, -0.2) is 0 Å². The first-order chi connectivity index (χ1) is 15.6. The van der Waals surface area contributed by atoms with Crippen LogP contribution in [0.5, 0.6) is 5.75 Å². The van der Waals surface area contributed by atoms with Crippen molar-refractivity contribution >= 4 is 34.7 Å². The molecule has 0 saturated carbocycles. The number of nitrogens with zero attached hydrogens (tertiary/aromatic N) is 3. The van der Waals surface area contributed by atoms with E-state index in [1.165, 1.54) is 35.2 Å². The van der Waals surface area contributed by atoms with E-state index in [4.69, 9.17) is 16.3 Å². The summed E-state index contributed by atoms with van der Waals surface area (Å²) >= 11 is 6.24. The zero-order chi connectivity index (χ0) is 24.3. The number of aliphatic hydroxyl groups excluding tert-OH is 1. The van der Waals surface area contributed by atoms with Gasteiger partial charge in [0.2, 0.25) is 0 Å². The maximum absolute atomic E-state index is 13.0. The van der Waals surface area contributed by atoms with Gasteiger partial charge in [-0.2, -0.15) is 0 Å². The fraction of sp³-hybridized carbons (Fsp3) is 0.304. The summed E-state index contributed by atoms with van der Waals surface area (Å²) in [6.07, 6.45) is 0. The number of non-ortho nitro benzene ring substituents is 1. The van der Waals surface area contributed by atoms with Gasteiger partial charge in [-0.15, -0.1) is 0 Å². The Morgan fingerprint density at radius 1 is 1.24 bits per heavy atom. The number of ether oxygens (including phenoxy) is 1. The van der Waals surface area contributed by atoms with Crippen LogP contribution in [0.4, 0.5) is 5.69 Å². The highest BCUT2D eigenvalue weighted by atomic mass is 35.5. The van der Waals surface area contributed by atoms with Crippen LogP contribution < -0.4 is 4.74 Å². The third-order valence-electron chi connectivity index (χ3n) is 5.23. The SMILES string of the molecule is CCOc1ccc(C(O)=C2C(=O)C(=O)N(CCN(C)C)[C@H]2c2cccc([N+](=O)[O-])c2)cc1Cl. The maximum atomic E-state index is 13.0.